The summed E-state index contributed by atoms with van der Waals surface area (Å²) in [6, 6.07) is 33.6. The van der Waals surface area contributed by atoms with E-state index < -0.39 is 55.9 Å². The molecule has 0 bridgehead atoms. The van der Waals surface area contributed by atoms with E-state index in [1.807, 2.05) is 0 Å². The lowest BCUT2D eigenvalue weighted by Crippen LogP contribution is -2.63. The van der Waals surface area contributed by atoms with Gasteiger partial charge in [-0.15, -0.1) is 5.10 Å². The normalized spacial score (nSPS) is 13.4. The number of para-hydroxylation sites is 1. The highest BCUT2D eigenvalue weighted by molar-refractivity contribution is 8.09. The molecular formula is C35H24F9N3O4PS+. The number of nitrogens with one attached hydrogen (secondary N) is 1. The van der Waals surface area contributed by atoms with Gasteiger partial charge in [0.25, 0.3) is 15.5 Å². The van der Waals surface area contributed by atoms with Gasteiger partial charge in [0.2, 0.25) is 5.45 Å². The van der Waals surface area contributed by atoms with Crippen LogP contribution >= 0.6 is 7.26 Å². The van der Waals surface area contributed by atoms with Crippen LogP contribution < -0.4 is 21.3 Å². The maximum atomic E-state index is 15.1. The fraction of sp³-hybridized carbons (Fsp3) is 0.114. The highest BCUT2D eigenvalue weighted by Crippen LogP contribution is 2.59. The van der Waals surface area contributed by atoms with E-state index in [2.05, 4.69) is 10.5 Å². The molecule has 7 nitrogen and oxygen atoms in total. The molecule has 0 aliphatic rings. The van der Waals surface area contributed by atoms with Crippen LogP contribution in [-0.2, 0) is 9.84 Å². The first-order chi connectivity index (χ1) is 24.8. The van der Waals surface area contributed by atoms with Gasteiger partial charge in [0.05, 0.1) is 15.5 Å². The molecule has 0 radical (unpaired) electrons. The van der Waals surface area contributed by atoms with Crippen molar-refractivity contribution < 1.29 is 52.9 Å². The summed E-state index contributed by atoms with van der Waals surface area (Å²) in [6.07, 6.45) is -7.25. The van der Waals surface area contributed by atoms with E-state index in [9.17, 15) is 49.3 Å². The molecule has 5 rings (SSSR count). The summed E-state index contributed by atoms with van der Waals surface area (Å²) in [5.41, 5.74) is 1.16. The number of benzene rings is 5. The minimum atomic E-state index is -7.47. The molecular weight excluding hydrogens is 760 g/mol. The number of nitro benzene ring substituents is 1. The summed E-state index contributed by atoms with van der Waals surface area (Å²) < 4.78 is 151. The van der Waals surface area contributed by atoms with E-state index in [0.717, 1.165) is 30.3 Å². The fourth-order valence-electron chi connectivity index (χ4n) is 5.41. The molecule has 5 aromatic rings. The van der Waals surface area contributed by atoms with Crippen molar-refractivity contribution in [2.45, 2.75) is 28.2 Å². The molecule has 0 atom stereocenters. The van der Waals surface area contributed by atoms with Gasteiger partial charge in [-0.3, -0.25) is 15.5 Å². The Morgan fingerprint density at radius 1 is 0.604 bits per heavy atom. The van der Waals surface area contributed by atoms with Crippen molar-refractivity contribution in [1.29, 1.82) is 0 Å². The maximum absolute atomic E-state index is 15.1. The van der Waals surface area contributed by atoms with Gasteiger partial charge >= 0.3 is 23.3 Å². The Morgan fingerprint density at radius 2 is 1.02 bits per heavy atom. The number of anilines is 1. The minimum Gasteiger partial charge on any atom is -0.273 e. The third-order valence-electron chi connectivity index (χ3n) is 8.00. The lowest BCUT2D eigenvalue weighted by atomic mass is 10.1. The number of nitrogens with zero attached hydrogens (tertiary/aromatic N) is 2. The van der Waals surface area contributed by atoms with Crippen LogP contribution in [0.5, 0.6) is 0 Å². The number of alkyl halides is 9. The Morgan fingerprint density at radius 3 is 1.43 bits per heavy atom. The summed E-state index contributed by atoms with van der Waals surface area (Å²) in [5, 5.41) is 10.8. The van der Waals surface area contributed by atoms with Crippen LogP contribution in [0.2, 0.25) is 0 Å². The summed E-state index contributed by atoms with van der Waals surface area (Å²) in [7, 11) is -10.4. The van der Waals surface area contributed by atoms with Crippen molar-refractivity contribution in [2.75, 3.05) is 5.43 Å². The van der Waals surface area contributed by atoms with Gasteiger partial charge in [0, 0.05) is 17.7 Å². The van der Waals surface area contributed by atoms with Crippen molar-refractivity contribution in [3.05, 3.63) is 155 Å². The summed E-state index contributed by atoms with van der Waals surface area (Å²) in [5.74, 6) is -14.9. The number of sulfone groups is 1. The van der Waals surface area contributed by atoms with Gasteiger partial charge in [-0.05, 0) is 60.7 Å². The standard InChI is InChI=1S/C35H24F9N3O4PS/c36-32(37,34(40,41)42)33(38,39)35(43,44)53(50,51)30-19-11-10-18-29(30)45-46-31(24-20-22-25(23-21-24)47(48)49)52(26-12-4-1-5-13-26,27-14-6-2-7-15-27)28-16-8-3-9-17-28/h1-23,45H/q+1/b46-31+. The van der Waals surface area contributed by atoms with E-state index in [0.29, 0.717) is 22.0 Å². The molecule has 1 N–H and O–H groups in total. The summed E-state index contributed by atoms with van der Waals surface area (Å²) in [4.78, 5) is 9.09. The molecule has 0 spiro atoms. The topological polar surface area (TPSA) is 102 Å². The van der Waals surface area contributed by atoms with E-state index >= 15 is 8.78 Å². The quantitative estimate of drug-likeness (QED) is 0.0450. The second-order valence-electron chi connectivity index (χ2n) is 11.2. The summed E-state index contributed by atoms with van der Waals surface area (Å²) >= 11 is 0. The molecule has 0 unspecified atom stereocenters. The number of halogens is 9. The van der Waals surface area contributed by atoms with Crippen molar-refractivity contribution in [1.82, 2.24) is 0 Å². The Kier molecular flexibility index (Phi) is 10.5. The Labute approximate surface area is 296 Å². The van der Waals surface area contributed by atoms with Crippen LogP contribution in [0.25, 0.3) is 0 Å². The van der Waals surface area contributed by atoms with Gasteiger partial charge in [-0.25, -0.2) is 8.42 Å². The molecule has 0 aliphatic heterocycles. The molecule has 5 aromatic carbocycles. The largest absolute Gasteiger partial charge is 0.460 e. The third-order valence-corrected chi connectivity index (χ3v) is 14.1. The third kappa shape index (κ3) is 6.63. The first kappa shape index (κ1) is 38.9. The number of non-ortho nitro benzene ring substituents is 1. The van der Waals surface area contributed by atoms with Crippen molar-refractivity contribution in [2.24, 2.45) is 5.10 Å². The van der Waals surface area contributed by atoms with Crippen molar-refractivity contribution in [3.8, 4) is 0 Å². The zero-order chi connectivity index (χ0) is 38.9. The van der Waals surface area contributed by atoms with Crippen LogP contribution in [0.4, 0.5) is 50.9 Å². The average Bonchev–Trinajstić information content (AvgIpc) is 3.14. The molecule has 18 heteroatoms. The van der Waals surface area contributed by atoms with Gasteiger partial charge in [-0.1, -0.05) is 66.7 Å². The van der Waals surface area contributed by atoms with E-state index in [4.69, 9.17) is 0 Å². The van der Waals surface area contributed by atoms with Crippen LogP contribution in [0.3, 0.4) is 0 Å². The van der Waals surface area contributed by atoms with E-state index in [1.54, 1.807) is 91.0 Å². The number of hydrogen-bond donors (Lipinski definition) is 1. The highest BCUT2D eigenvalue weighted by atomic mass is 32.2. The number of rotatable bonds is 12. The first-order valence-corrected chi connectivity index (χ1v) is 18.3. The van der Waals surface area contributed by atoms with Gasteiger partial charge in [0.1, 0.15) is 15.9 Å². The molecule has 0 fully saturated rings. The predicted octanol–water partition coefficient (Wildman–Crippen LogP) is 8.56. The molecule has 0 amide bonds. The number of hydrazone groups is 1. The number of nitro groups is 1. The maximum Gasteiger partial charge on any atom is 0.460 e. The molecule has 0 saturated heterocycles. The molecule has 0 aliphatic carbocycles. The molecule has 276 valence electrons. The van der Waals surface area contributed by atoms with Crippen LogP contribution in [-0.4, -0.2) is 42.1 Å². The lowest BCUT2D eigenvalue weighted by Gasteiger charge is -2.33. The molecule has 0 aromatic heterocycles. The van der Waals surface area contributed by atoms with Crippen molar-refractivity contribution >= 4 is 49.8 Å². The first-order valence-electron chi connectivity index (χ1n) is 15.0. The molecule has 53 heavy (non-hydrogen) atoms. The number of hydrogen-bond acceptors (Lipinski definition) is 6. The molecule has 0 saturated carbocycles. The zero-order valence-corrected chi connectivity index (χ0v) is 28.3. The van der Waals surface area contributed by atoms with Crippen molar-refractivity contribution in [3.63, 3.8) is 0 Å². The molecule has 0 heterocycles. The average molecular weight is 785 g/mol. The smallest absolute Gasteiger partial charge is 0.273 e. The Bertz CT molecular complexity index is 2130. The minimum absolute atomic E-state index is 0.0314. The van der Waals surface area contributed by atoms with E-state index in [1.165, 1.54) is 12.1 Å². The van der Waals surface area contributed by atoms with Crippen LogP contribution in [0.15, 0.2) is 150 Å². The second-order valence-corrected chi connectivity index (χ2v) is 16.5. The van der Waals surface area contributed by atoms with Gasteiger partial charge in [-0.2, -0.15) is 39.5 Å². The Balaban J connectivity index is 1.81. The lowest BCUT2D eigenvalue weighted by molar-refractivity contribution is -0.384. The fourth-order valence-corrected chi connectivity index (χ4v) is 11.0. The summed E-state index contributed by atoms with van der Waals surface area (Å²) in [6.45, 7) is 0. The van der Waals surface area contributed by atoms with Crippen LogP contribution in [0.1, 0.15) is 5.56 Å². The zero-order valence-electron chi connectivity index (χ0n) is 26.6. The van der Waals surface area contributed by atoms with Gasteiger partial charge in [0.15, 0.2) is 7.26 Å². The highest BCUT2D eigenvalue weighted by Gasteiger charge is 2.85. The van der Waals surface area contributed by atoms with E-state index in [-0.39, 0.29) is 16.7 Å². The Hall–Kier alpha value is -5.28. The monoisotopic (exact) mass is 784 g/mol. The second kappa shape index (κ2) is 14.3. The SMILES string of the molecule is O=[N+]([O-])c1ccc(/C(=N\Nc2ccccc2S(=O)(=O)C(F)(F)C(F)(F)C(F)(F)C(F)(F)F)[P+](c2ccccc2)(c2ccccc2)c2ccccc2)cc1. The van der Waals surface area contributed by atoms with Gasteiger partial charge < -0.3 is 0 Å². The predicted molar refractivity (Wildman–Crippen MR) is 183 cm³/mol. The van der Waals surface area contributed by atoms with Crippen LogP contribution in [0, 0.1) is 10.1 Å².